The highest BCUT2D eigenvalue weighted by Crippen LogP contribution is 2.24. The molecular formula is C18H18F2N4O. The van der Waals surface area contributed by atoms with E-state index in [1.807, 2.05) is 0 Å². The fraction of sp³-hybridized carbons (Fsp3) is 0.333. The van der Waals surface area contributed by atoms with E-state index in [1.165, 1.54) is 16.8 Å². The standard InChI is InChI=1S/C18H18F2N4O/c1-24-7-6-15(25)10-8-12(19)11(16(20)17(10)24)9-21-18-22-13-4-2-3-5-14(13)23-18/h6-8H,2-5,9H2,1H3,(H2,21,22,23). The summed E-state index contributed by atoms with van der Waals surface area (Å²) in [5.74, 6) is -0.941. The van der Waals surface area contributed by atoms with Gasteiger partial charge in [0.05, 0.1) is 16.6 Å². The molecule has 1 aliphatic carbocycles. The average molecular weight is 344 g/mol. The molecule has 2 aromatic heterocycles. The van der Waals surface area contributed by atoms with E-state index < -0.39 is 17.1 Å². The number of aromatic amines is 1. The van der Waals surface area contributed by atoms with E-state index in [-0.39, 0.29) is 23.0 Å². The number of fused-ring (bicyclic) bond motifs is 2. The number of H-pyrrole nitrogens is 1. The van der Waals surface area contributed by atoms with Crippen molar-refractivity contribution in [2.75, 3.05) is 5.32 Å². The molecule has 0 amide bonds. The number of aromatic nitrogens is 3. The van der Waals surface area contributed by atoms with Gasteiger partial charge < -0.3 is 14.9 Å². The molecule has 0 spiro atoms. The van der Waals surface area contributed by atoms with E-state index in [0.717, 1.165) is 43.1 Å². The van der Waals surface area contributed by atoms with Crippen molar-refractivity contribution in [2.45, 2.75) is 32.2 Å². The number of rotatable bonds is 3. The van der Waals surface area contributed by atoms with Crippen LogP contribution < -0.4 is 10.7 Å². The molecule has 1 aromatic carbocycles. The van der Waals surface area contributed by atoms with Gasteiger partial charge in [-0.2, -0.15) is 0 Å². The Morgan fingerprint density at radius 2 is 2.12 bits per heavy atom. The Morgan fingerprint density at radius 1 is 1.32 bits per heavy atom. The van der Waals surface area contributed by atoms with Crippen LogP contribution in [0.15, 0.2) is 23.1 Å². The third kappa shape index (κ3) is 2.69. The summed E-state index contributed by atoms with van der Waals surface area (Å²) in [7, 11) is 1.63. The van der Waals surface area contributed by atoms with E-state index in [1.54, 1.807) is 7.05 Å². The number of aryl methyl sites for hydroxylation is 3. The second kappa shape index (κ2) is 5.98. The van der Waals surface area contributed by atoms with Gasteiger partial charge in [0.15, 0.2) is 11.2 Å². The normalized spacial score (nSPS) is 13.9. The summed E-state index contributed by atoms with van der Waals surface area (Å²) in [6, 6.07) is 2.40. The Labute approximate surface area is 142 Å². The number of nitrogens with zero attached hydrogens (tertiary/aromatic N) is 2. The average Bonchev–Trinajstić information content (AvgIpc) is 3.00. The zero-order chi connectivity index (χ0) is 17.6. The highest BCUT2D eigenvalue weighted by molar-refractivity contribution is 5.80. The summed E-state index contributed by atoms with van der Waals surface area (Å²) in [6.45, 7) is -0.0525. The number of halogens is 2. The van der Waals surface area contributed by atoms with Crippen LogP contribution in [0, 0.1) is 11.6 Å². The first kappa shape index (κ1) is 15.8. The Balaban J connectivity index is 1.68. The second-order valence-corrected chi connectivity index (χ2v) is 6.41. The summed E-state index contributed by atoms with van der Waals surface area (Å²) in [5.41, 5.74) is 1.71. The lowest BCUT2D eigenvalue weighted by Gasteiger charge is -2.11. The second-order valence-electron chi connectivity index (χ2n) is 6.41. The summed E-state index contributed by atoms with van der Waals surface area (Å²) < 4.78 is 30.7. The SMILES string of the molecule is Cn1ccc(=O)c2cc(F)c(CNc3nc4c([nH]3)CCCC4)c(F)c21. The third-order valence-electron chi connectivity index (χ3n) is 4.74. The van der Waals surface area contributed by atoms with Crippen molar-refractivity contribution >= 4 is 16.9 Å². The van der Waals surface area contributed by atoms with Crippen molar-refractivity contribution in [3.05, 3.63) is 57.1 Å². The minimum Gasteiger partial charge on any atom is -0.352 e. The lowest BCUT2D eigenvalue weighted by molar-refractivity contribution is 0.564. The minimum absolute atomic E-state index is 0.0391. The van der Waals surface area contributed by atoms with E-state index in [2.05, 4.69) is 15.3 Å². The predicted octanol–water partition coefficient (Wildman–Crippen LogP) is 3.03. The molecule has 4 rings (SSSR count). The molecule has 0 atom stereocenters. The first-order valence-electron chi connectivity index (χ1n) is 8.32. The van der Waals surface area contributed by atoms with Gasteiger partial charge >= 0.3 is 0 Å². The summed E-state index contributed by atoms with van der Waals surface area (Å²) in [6.07, 6.45) is 5.58. The maximum atomic E-state index is 14.8. The van der Waals surface area contributed by atoms with Gasteiger partial charge in [-0.3, -0.25) is 4.79 Å². The van der Waals surface area contributed by atoms with E-state index >= 15 is 0 Å². The zero-order valence-corrected chi connectivity index (χ0v) is 13.8. The minimum atomic E-state index is -0.739. The molecule has 2 heterocycles. The van der Waals surface area contributed by atoms with Crippen LogP contribution in [0.2, 0.25) is 0 Å². The molecule has 1 aliphatic rings. The van der Waals surface area contributed by atoms with Gasteiger partial charge in [-0.1, -0.05) is 0 Å². The highest BCUT2D eigenvalue weighted by atomic mass is 19.1. The largest absolute Gasteiger partial charge is 0.352 e. The maximum Gasteiger partial charge on any atom is 0.200 e. The Hall–Kier alpha value is -2.70. The van der Waals surface area contributed by atoms with Crippen molar-refractivity contribution in [3.8, 4) is 0 Å². The van der Waals surface area contributed by atoms with Crippen LogP contribution in [-0.4, -0.2) is 14.5 Å². The van der Waals surface area contributed by atoms with Crippen molar-refractivity contribution in [3.63, 3.8) is 0 Å². The van der Waals surface area contributed by atoms with Crippen LogP contribution in [0.5, 0.6) is 0 Å². The number of imidazole rings is 1. The molecule has 130 valence electrons. The summed E-state index contributed by atoms with van der Waals surface area (Å²) in [4.78, 5) is 19.5. The van der Waals surface area contributed by atoms with Crippen LogP contribution >= 0.6 is 0 Å². The van der Waals surface area contributed by atoms with Gasteiger partial charge in [-0.25, -0.2) is 13.8 Å². The van der Waals surface area contributed by atoms with Crippen molar-refractivity contribution in [1.82, 2.24) is 14.5 Å². The highest BCUT2D eigenvalue weighted by Gasteiger charge is 2.18. The van der Waals surface area contributed by atoms with Crippen LogP contribution in [0.3, 0.4) is 0 Å². The maximum absolute atomic E-state index is 14.8. The molecule has 0 fully saturated rings. The van der Waals surface area contributed by atoms with Gasteiger partial charge in [0.25, 0.3) is 0 Å². The van der Waals surface area contributed by atoms with Crippen LogP contribution in [0.1, 0.15) is 29.8 Å². The summed E-state index contributed by atoms with van der Waals surface area (Å²) >= 11 is 0. The van der Waals surface area contributed by atoms with Gasteiger partial charge in [0.2, 0.25) is 5.95 Å². The first-order valence-corrected chi connectivity index (χ1v) is 8.32. The molecular weight excluding hydrogens is 326 g/mol. The van der Waals surface area contributed by atoms with E-state index in [4.69, 9.17) is 0 Å². The van der Waals surface area contributed by atoms with Crippen LogP contribution in [-0.2, 0) is 26.4 Å². The molecule has 0 radical (unpaired) electrons. The van der Waals surface area contributed by atoms with Crippen molar-refractivity contribution in [1.29, 1.82) is 0 Å². The molecule has 0 saturated heterocycles. The number of anilines is 1. The molecule has 0 aliphatic heterocycles. The molecule has 7 heteroatoms. The summed E-state index contributed by atoms with van der Waals surface area (Å²) in [5, 5.41) is 3.00. The van der Waals surface area contributed by atoms with Crippen molar-refractivity contribution < 1.29 is 8.78 Å². The number of hydrogen-bond donors (Lipinski definition) is 2. The monoisotopic (exact) mass is 344 g/mol. The Kier molecular flexibility index (Phi) is 3.78. The Bertz CT molecular complexity index is 999. The van der Waals surface area contributed by atoms with E-state index in [9.17, 15) is 13.6 Å². The Morgan fingerprint density at radius 3 is 2.92 bits per heavy atom. The fourth-order valence-electron chi connectivity index (χ4n) is 3.40. The molecule has 25 heavy (non-hydrogen) atoms. The molecule has 0 unspecified atom stereocenters. The predicted molar refractivity (Wildman–Crippen MR) is 91.7 cm³/mol. The number of pyridine rings is 1. The van der Waals surface area contributed by atoms with Gasteiger partial charge in [0, 0.05) is 37.1 Å². The van der Waals surface area contributed by atoms with Crippen molar-refractivity contribution in [2.24, 2.45) is 7.05 Å². The zero-order valence-electron chi connectivity index (χ0n) is 13.8. The topological polar surface area (TPSA) is 62.7 Å². The smallest absolute Gasteiger partial charge is 0.200 e. The quantitative estimate of drug-likeness (QED) is 0.768. The van der Waals surface area contributed by atoms with Crippen LogP contribution in [0.25, 0.3) is 10.9 Å². The first-order chi connectivity index (χ1) is 12.0. The van der Waals surface area contributed by atoms with Gasteiger partial charge in [-0.15, -0.1) is 0 Å². The molecule has 2 N–H and O–H groups in total. The van der Waals surface area contributed by atoms with Crippen LogP contribution in [0.4, 0.5) is 14.7 Å². The number of benzene rings is 1. The number of nitrogens with one attached hydrogen (secondary N) is 2. The molecule has 3 aromatic rings. The lowest BCUT2D eigenvalue weighted by atomic mass is 10.0. The molecule has 0 bridgehead atoms. The van der Waals surface area contributed by atoms with Gasteiger partial charge in [-0.05, 0) is 31.7 Å². The number of hydrogen-bond acceptors (Lipinski definition) is 3. The third-order valence-corrected chi connectivity index (χ3v) is 4.74. The lowest BCUT2D eigenvalue weighted by Crippen LogP contribution is -2.12. The van der Waals surface area contributed by atoms with Gasteiger partial charge in [0.1, 0.15) is 5.82 Å². The fourth-order valence-corrected chi connectivity index (χ4v) is 3.40. The molecule has 5 nitrogen and oxygen atoms in total. The van der Waals surface area contributed by atoms with E-state index in [0.29, 0.717) is 5.95 Å². The molecule has 0 saturated carbocycles.